The first kappa shape index (κ1) is 19.8. The van der Waals surface area contributed by atoms with Crippen LogP contribution >= 0.6 is 0 Å². The van der Waals surface area contributed by atoms with Gasteiger partial charge >= 0.3 is 12.1 Å². The molecular formula is C17H26N2O5. The highest BCUT2D eigenvalue weighted by Gasteiger charge is 2.25. The predicted molar refractivity (Wildman–Crippen MR) is 90.9 cm³/mol. The number of aliphatic hydroxyl groups excluding tert-OH is 1. The summed E-state index contributed by atoms with van der Waals surface area (Å²) in [6, 6.07) is 6.53. The highest BCUT2D eigenvalue weighted by molar-refractivity contribution is 5.81. The van der Waals surface area contributed by atoms with Gasteiger partial charge in [0, 0.05) is 18.7 Å². The van der Waals surface area contributed by atoms with E-state index in [9.17, 15) is 9.59 Å². The normalized spacial score (nSPS) is 12.2. The van der Waals surface area contributed by atoms with Crippen LogP contribution in [0.5, 0.6) is 0 Å². The molecule has 3 N–H and O–H groups in total. The van der Waals surface area contributed by atoms with Gasteiger partial charge in [0.1, 0.15) is 11.6 Å². The first-order valence-corrected chi connectivity index (χ1v) is 7.76. The zero-order valence-electron chi connectivity index (χ0n) is 14.6. The van der Waals surface area contributed by atoms with Crippen molar-refractivity contribution in [2.24, 2.45) is 0 Å². The molecule has 0 spiro atoms. The second-order valence-corrected chi connectivity index (χ2v) is 6.27. The first-order valence-electron chi connectivity index (χ1n) is 7.76. The first-order chi connectivity index (χ1) is 11.2. The van der Waals surface area contributed by atoms with Crippen molar-refractivity contribution in [2.75, 3.05) is 25.6 Å². The van der Waals surface area contributed by atoms with Crippen molar-refractivity contribution in [1.82, 2.24) is 5.32 Å². The Balaban J connectivity index is 2.72. The van der Waals surface area contributed by atoms with E-state index in [0.717, 1.165) is 11.3 Å². The zero-order valence-corrected chi connectivity index (χ0v) is 14.6. The summed E-state index contributed by atoms with van der Waals surface area (Å²) >= 11 is 0. The molecule has 0 heterocycles. The summed E-state index contributed by atoms with van der Waals surface area (Å²) in [5.74, 6) is -0.539. The van der Waals surface area contributed by atoms with E-state index in [0.29, 0.717) is 6.54 Å². The maximum Gasteiger partial charge on any atom is 0.408 e. The topological polar surface area (TPSA) is 96.9 Å². The number of esters is 1. The lowest BCUT2D eigenvalue weighted by Gasteiger charge is -2.22. The molecule has 0 fully saturated rings. The number of carbonyl (C=O) groups is 2. The van der Waals surface area contributed by atoms with Crippen LogP contribution in [-0.4, -0.2) is 49.1 Å². The molecule has 1 amide bonds. The molecule has 24 heavy (non-hydrogen) atoms. The lowest BCUT2D eigenvalue weighted by molar-refractivity contribution is -0.143. The predicted octanol–water partition coefficient (Wildman–Crippen LogP) is 1.70. The summed E-state index contributed by atoms with van der Waals surface area (Å²) < 4.78 is 9.92. The molecule has 0 aliphatic rings. The van der Waals surface area contributed by atoms with Crippen LogP contribution in [0.3, 0.4) is 0 Å². The summed E-state index contributed by atoms with van der Waals surface area (Å²) in [5, 5.41) is 14.4. The van der Waals surface area contributed by atoms with E-state index in [-0.39, 0.29) is 13.0 Å². The van der Waals surface area contributed by atoms with Crippen LogP contribution in [-0.2, 0) is 20.7 Å². The summed E-state index contributed by atoms with van der Waals surface area (Å²) in [7, 11) is 1.27. The highest BCUT2D eigenvalue weighted by atomic mass is 16.6. The minimum Gasteiger partial charge on any atom is -0.467 e. The zero-order chi connectivity index (χ0) is 18.2. The third kappa shape index (κ3) is 7.32. The Hall–Kier alpha value is -2.28. The quantitative estimate of drug-likeness (QED) is 0.655. The van der Waals surface area contributed by atoms with Crippen molar-refractivity contribution in [3.63, 3.8) is 0 Å². The third-order valence-electron chi connectivity index (χ3n) is 3.01. The number of amides is 1. The minimum absolute atomic E-state index is 0.0476. The molecule has 1 atom stereocenters. The second-order valence-electron chi connectivity index (χ2n) is 6.27. The van der Waals surface area contributed by atoms with Crippen molar-refractivity contribution >= 4 is 17.7 Å². The van der Waals surface area contributed by atoms with Gasteiger partial charge in [0.2, 0.25) is 0 Å². The van der Waals surface area contributed by atoms with Crippen molar-refractivity contribution in [2.45, 2.75) is 38.8 Å². The minimum atomic E-state index is -0.832. The van der Waals surface area contributed by atoms with Crippen molar-refractivity contribution in [3.05, 3.63) is 29.8 Å². The number of carbonyl (C=O) groups excluding carboxylic acids is 2. The van der Waals surface area contributed by atoms with Crippen molar-refractivity contribution in [1.29, 1.82) is 0 Å². The van der Waals surface area contributed by atoms with Gasteiger partial charge in [-0.2, -0.15) is 0 Å². The lowest BCUT2D eigenvalue weighted by Crippen LogP contribution is -2.45. The molecular weight excluding hydrogens is 312 g/mol. The van der Waals surface area contributed by atoms with Crippen molar-refractivity contribution in [3.8, 4) is 0 Å². The number of alkyl carbamates (subject to hydrolysis) is 1. The summed E-state index contributed by atoms with van der Waals surface area (Å²) in [4.78, 5) is 23.8. The molecule has 1 aromatic rings. The fourth-order valence-corrected chi connectivity index (χ4v) is 1.98. The molecule has 0 saturated carbocycles. The SMILES string of the molecule is COC(=O)C(Cc1ccc(NCCO)cc1)NC(=O)OC(C)(C)C. The number of aliphatic hydroxyl groups is 1. The molecule has 134 valence electrons. The van der Waals surface area contributed by atoms with Crippen LogP contribution in [0.2, 0.25) is 0 Å². The van der Waals surface area contributed by atoms with Crippen LogP contribution in [0, 0.1) is 0 Å². The van der Waals surface area contributed by atoms with Gasteiger partial charge in [-0.1, -0.05) is 12.1 Å². The number of methoxy groups -OCH3 is 1. The molecule has 1 aromatic carbocycles. The van der Waals surface area contributed by atoms with E-state index in [1.165, 1.54) is 7.11 Å². The Morgan fingerprint density at radius 1 is 1.21 bits per heavy atom. The van der Waals surface area contributed by atoms with E-state index in [1.807, 2.05) is 24.3 Å². The average Bonchev–Trinajstić information content (AvgIpc) is 2.51. The molecule has 0 radical (unpaired) electrons. The average molecular weight is 338 g/mol. The summed E-state index contributed by atoms with van der Waals surface area (Å²) in [6.07, 6.45) is -0.384. The smallest absolute Gasteiger partial charge is 0.408 e. The maximum atomic E-state index is 11.9. The molecule has 0 aromatic heterocycles. The van der Waals surface area contributed by atoms with Gasteiger partial charge in [0.05, 0.1) is 13.7 Å². The van der Waals surface area contributed by atoms with Gasteiger partial charge in [-0.25, -0.2) is 9.59 Å². The van der Waals surface area contributed by atoms with E-state index < -0.39 is 23.7 Å². The van der Waals surface area contributed by atoms with Gasteiger partial charge < -0.3 is 25.2 Å². The molecule has 7 heteroatoms. The molecule has 0 aliphatic carbocycles. The Labute approximate surface area is 142 Å². The number of anilines is 1. The molecule has 7 nitrogen and oxygen atoms in total. The summed E-state index contributed by atoms with van der Waals surface area (Å²) in [6.45, 7) is 5.75. The standard InChI is InChI=1S/C17H26N2O5/c1-17(2,3)24-16(22)19-14(15(21)23-4)11-12-5-7-13(8-6-12)18-9-10-20/h5-8,14,18,20H,9-11H2,1-4H3,(H,19,22). The van der Waals surface area contributed by atoms with Crippen LogP contribution in [0.25, 0.3) is 0 Å². The second kappa shape index (κ2) is 9.12. The Morgan fingerprint density at radius 2 is 1.83 bits per heavy atom. The van der Waals surface area contributed by atoms with E-state index in [1.54, 1.807) is 20.8 Å². The number of nitrogens with one attached hydrogen (secondary N) is 2. The van der Waals surface area contributed by atoms with Crippen LogP contribution in [0.4, 0.5) is 10.5 Å². The molecule has 0 saturated heterocycles. The van der Waals surface area contributed by atoms with Gasteiger partial charge in [0.15, 0.2) is 0 Å². The van der Waals surface area contributed by atoms with Gasteiger partial charge in [-0.05, 0) is 38.5 Å². The van der Waals surface area contributed by atoms with Crippen molar-refractivity contribution < 1.29 is 24.2 Å². The van der Waals surface area contributed by atoms with Crippen LogP contribution in [0.1, 0.15) is 26.3 Å². The fourth-order valence-electron chi connectivity index (χ4n) is 1.98. The molecule has 1 unspecified atom stereocenters. The molecule has 0 bridgehead atoms. The van der Waals surface area contributed by atoms with E-state index in [4.69, 9.17) is 14.6 Å². The Bertz CT molecular complexity index is 537. The number of rotatable bonds is 7. The van der Waals surface area contributed by atoms with E-state index >= 15 is 0 Å². The van der Waals surface area contributed by atoms with Gasteiger partial charge in [-0.3, -0.25) is 0 Å². The van der Waals surface area contributed by atoms with Gasteiger partial charge in [0.25, 0.3) is 0 Å². The Morgan fingerprint density at radius 3 is 2.33 bits per heavy atom. The third-order valence-corrected chi connectivity index (χ3v) is 3.01. The number of benzene rings is 1. The maximum absolute atomic E-state index is 11.9. The van der Waals surface area contributed by atoms with Crippen LogP contribution < -0.4 is 10.6 Å². The number of hydrogen-bond acceptors (Lipinski definition) is 6. The van der Waals surface area contributed by atoms with Crippen LogP contribution in [0.15, 0.2) is 24.3 Å². The molecule has 0 aliphatic heterocycles. The lowest BCUT2D eigenvalue weighted by atomic mass is 10.1. The monoisotopic (exact) mass is 338 g/mol. The highest BCUT2D eigenvalue weighted by Crippen LogP contribution is 2.12. The Kier molecular flexibility index (Phi) is 7.51. The fraction of sp³-hybridized carbons (Fsp3) is 0.529. The van der Waals surface area contributed by atoms with Gasteiger partial charge in [-0.15, -0.1) is 0 Å². The van der Waals surface area contributed by atoms with E-state index in [2.05, 4.69) is 10.6 Å². The number of hydrogen-bond donors (Lipinski definition) is 3. The largest absolute Gasteiger partial charge is 0.467 e. The summed E-state index contributed by atoms with van der Waals surface area (Å²) in [5.41, 5.74) is 1.07. The number of ether oxygens (including phenoxy) is 2. The molecule has 1 rings (SSSR count).